The maximum Gasteiger partial charge on any atom is 0.266 e. The van der Waals surface area contributed by atoms with E-state index in [4.69, 9.17) is 10.5 Å². The van der Waals surface area contributed by atoms with Crippen molar-refractivity contribution < 1.29 is 23.9 Å². The van der Waals surface area contributed by atoms with Crippen molar-refractivity contribution >= 4 is 35.0 Å². The summed E-state index contributed by atoms with van der Waals surface area (Å²) in [7, 11) is 0. The van der Waals surface area contributed by atoms with Gasteiger partial charge in [-0.25, -0.2) is 4.90 Å². The predicted molar refractivity (Wildman–Crippen MR) is 113 cm³/mol. The van der Waals surface area contributed by atoms with Crippen LogP contribution in [0.2, 0.25) is 0 Å². The summed E-state index contributed by atoms with van der Waals surface area (Å²) in [6.07, 6.45) is 0. The van der Waals surface area contributed by atoms with Crippen LogP contribution in [-0.4, -0.2) is 30.2 Å². The molecular weight excluding hydrogens is 398 g/mol. The number of nitrogens with two attached hydrogens (primary N) is 1. The van der Waals surface area contributed by atoms with Crippen LogP contribution in [0, 0.1) is 0 Å². The van der Waals surface area contributed by atoms with E-state index >= 15 is 0 Å². The monoisotopic (exact) mass is 415 g/mol. The third-order valence-electron chi connectivity index (χ3n) is 4.69. The summed E-state index contributed by atoms with van der Waals surface area (Å²) in [6.45, 7) is -0.271. The summed E-state index contributed by atoms with van der Waals surface area (Å²) in [5.41, 5.74) is 6.97. The Balaban J connectivity index is 1.42. The third kappa shape index (κ3) is 3.99. The number of ether oxygens (including phenoxy) is 1. The number of carbonyl (C=O) groups is 4. The summed E-state index contributed by atoms with van der Waals surface area (Å²) in [4.78, 5) is 49.7. The highest BCUT2D eigenvalue weighted by atomic mass is 16.5. The van der Waals surface area contributed by atoms with Crippen molar-refractivity contribution in [2.24, 2.45) is 5.73 Å². The standard InChI is InChI=1S/C23H17N3O5/c24-21(28)14-8-10-17(11-9-14)31-13-20(27)25-15-4-3-5-16(12-15)26-22(29)18-6-1-2-7-19(18)23(26)30/h1-12H,13H2,(H2,24,28)(H,25,27). The first-order chi connectivity index (χ1) is 14.9. The van der Waals surface area contributed by atoms with Crippen LogP contribution in [0.25, 0.3) is 0 Å². The molecule has 8 nitrogen and oxygen atoms in total. The van der Waals surface area contributed by atoms with Crippen molar-refractivity contribution in [2.75, 3.05) is 16.8 Å². The lowest BCUT2D eigenvalue weighted by atomic mass is 10.1. The summed E-state index contributed by atoms with van der Waals surface area (Å²) in [5.74, 6) is -1.40. The number of carbonyl (C=O) groups excluding carboxylic acids is 4. The molecule has 4 amide bonds. The van der Waals surface area contributed by atoms with E-state index in [0.717, 1.165) is 4.90 Å². The lowest BCUT2D eigenvalue weighted by Crippen LogP contribution is -2.29. The number of fused-ring (bicyclic) bond motifs is 1. The topological polar surface area (TPSA) is 119 Å². The molecule has 0 aromatic heterocycles. The number of anilines is 2. The molecule has 3 aromatic rings. The number of primary amides is 1. The molecule has 0 spiro atoms. The number of rotatable bonds is 6. The molecule has 8 heteroatoms. The van der Waals surface area contributed by atoms with Gasteiger partial charge in [-0.05, 0) is 54.6 Å². The Labute approximate surface area is 177 Å². The summed E-state index contributed by atoms with van der Waals surface area (Å²) < 4.78 is 5.40. The van der Waals surface area contributed by atoms with Gasteiger partial charge in [0.25, 0.3) is 17.7 Å². The van der Waals surface area contributed by atoms with Gasteiger partial charge in [0.15, 0.2) is 6.61 Å². The number of amides is 4. The van der Waals surface area contributed by atoms with Gasteiger partial charge in [0.2, 0.25) is 5.91 Å². The molecule has 0 unspecified atom stereocenters. The number of nitrogens with one attached hydrogen (secondary N) is 1. The van der Waals surface area contributed by atoms with Crippen LogP contribution in [0.5, 0.6) is 5.75 Å². The Morgan fingerprint density at radius 3 is 2.13 bits per heavy atom. The van der Waals surface area contributed by atoms with Crippen molar-refractivity contribution in [2.45, 2.75) is 0 Å². The van der Waals surface area contributed by atoms with Crippen molar-refractivity contribution in [3.63, 3.8) is 0 Å². The molecule has 3 aromatic carbocycles. The molecule has 0 atom stereocenters. The van der Waals surface area contributed by atoms with Gasteiger partial charge in [0, 0.05) is 11.3 Å². The number of hydrogen-bond donors (Lipinski definition) is 2. The first kappa shape index (κ1) is 19.8. The van der Waals surface area contributed by atoms with Crippen molar-refractivity contribution in [1.82, 2.24) is 0 Å². The third-order valence-corrected chi connectivity index (χ3v) is 4.69. The van der Waals surface area contributed by atoms with E-state index in [-0.39, 0.29) is 6.61 Å². The first-order valence-corrected chi connectivity index (χ1v) is 9.34. The molecule has 1 heterocycles. The van der Waals surface area contributed by atoms with E-state index < -0.39 is 23.6 Å². The molecule has 1 aliphatic rings. The second-order valence-corrected chi connectivity index (χ2v) is 6.77. The summed E-state index contributed by atoms with van der Waals surface area (Å²) >= 11 is 0. The molecule has 0 bridgehead atoms. The SMILES string of the molecule is NC(=O)c1ccc(OCC(=O)Nc2cccc(N3C(=O)c4ccccc4C3=O)c2)cc1. The average molecular weight is 415 g/mol. The molecule has 0 saturated heterocycles. The number of hydrogen-bond acceptors (Lipinski definition) is 5. The Bertz CT molecular complexity index is 1170. The fourth-order valence-electron chi connectivity index (χ4n) is 3.21. The zero-order valence-corrected chi connectivity index (χ0v) is 16.2. The molecule has 31 heavy (non-hydrogen) atoms. The van der Waals surface area contributed by atoms with Crippen LogP contribution in [0.4, 0.5) is 11.4 Å². The fraction of sp³-hybridized carbons (Fsp3) is 0.0435. The lowest BCUT2D eigenvalue weighted by molar-refractivity contribution is -0.118. The minimum absolute atomic E-state index is 0.271. The highest BCUT2D eigenvalue weighted by Gasteiger charge is 2.36. The van der Waals surface area contributed by atoms with Crippen molar-refractivity contribution in [1.29, 1.82) is 0 Å². The summed E-state index contributed by atoms with van der Waals surface area (Å²) in [6, 6.07) is 19.1. The van der Waals surface area contributed by atoms with Crippen LogP contribution in [0.3, 0.4) is 0 Å². The number of nitrogens with zero attached hydrogens (tertiary/aromatic N) is 1. The molecule has 3 N–H and O–H groups in total. The fourth-order valence-corrected chi connectivity index (χ4v) is 3.21. The average Bonchev–Trinajstić information content (AvgIpc) is 3.03. The smallest absolute Gasteiger partial charge is 0.266 e. The number of imide groups is 1. The molecule has 0 fully saturated rings. The van der Waals surface area contributed by atoms with E-state index in [0.29, 0.717) is 33.8 Å². The zero-order valence-electron chi connectivity index (χ0n) is 16.2. The van der Waals surface area contributed by atoms with E-state index in [1.165, 1.54) is 24.3 Å². The van der Waals surface area contributed by atoms with Crippen molar-refractivity contribution in [3.8, 4) is 5.75 Å². The van der Waals surface area contributed by atoms with Gasteiger partial charge in [-0.2, -0.15) is 0 Å². The van der Waals surface area contributed by atoms with Gasteiger partial charge in [-0.1, -0.05) is 18.2 Å². The number of benzene rings is 3. The van der Waals surface area contributed by atoms with Gasteiger partial charge >= 0.3 is 0 Å². The van der Waals surface area contributed by atoms with Crippen LogP contribution >= 0.6 is 0 Å². The Morgan fingerprint density at radius 1 is 0.871 bits per heavy atom. The quantitative estimate of drug-likeness (QED) is 0.600. The van der Waals surface area contributed by atoms with Crippen molar-refractivity contribution in [3.05, 3.63) is 89.5 Å². The highest BCUT2D eigenvalue weighted by molar-refractivity contribution is 6.34. The molecule has 0 aliphatic carbocycles. The maximum atomic E-state index is 12.6. The highest BCUT2D eigenvalue weighted by Crippen LogP contribution is 2.29. The minimum atomic E-state index is -0.553. The zero-order chi connectivity index (χ0) is 22.0. The first-order valence-electron chi connectivity index (χ1n) is 9.34. The molecule has 0 saturated carbocycles. The molecule has 0 radical (unpaired) electrons. The van der Waals surface area contributed by atoms with Crippen LogP contribution < -0.4 is 20.7 Å². The van der Waals surface area contributed by atoms with Gasteiger partial charge < -0.3 is 15.8 Å². The van der Waals surface area contributed by atoms with Gasteiger partial charge in [-0.15, -0.1) is 0 Å². The second kappa shape index (κ2) is 8.11. The normalized spacial score (nSPS) is 12.5. The van der Waals surface area contributed by atoms with Crippen LogP contribution in [0.1, 0.15) is 31.1 Å². The van der Waals surface area contributed by atoms with Gasteiger partial charge in [0.05, 0.1) is 16.8 Å². The van der Waals surface area contributed by atoms with E-state index in [1.54, 1.807) is 48.5 Å². The molecule has 4 rings (SSSR count). The van der Waals surface area contributed by atoms with Gasteiger partial charge in [0.1, 0.15) is 5.75 Å². The van der Waals surface area contributed by atoms with Crippen LogP contribution in [0.15, 0.2) is 72.8 Å². The second-order valence-electron chi connectivity index (χ2n) is 6.77. The minimum Gasteiger partial charge on any atom is -0.484 e. The van der Waals surface area contributed by atoms with E-state index in [9.17, 15) is 19.2 Å². The Kier molecular flexibility index (Phi) is 5.19. The predicted octanol–water partition coefficient (Wildman–Crippen LogP) is 2.60. The Morgan fingerprint density at radius 2 is 1.52 bits per heavy atom. The van der Waals surface area contributed by atoms with E-state index in [1.807, 2.05) is 0 Å². The lowest BCUT2D eigenvalue weighted by Gasteiger charge is -2.15. The summed E-state index contributed by atoms with van der Waals surface area (Å²) in [5, 5.41) is 2.67. The molecular formula is C23H17N3O5. The largest absolute Gasteiger partial charge is 0.484 e. The van der Waals surface area contributed by atoms with Crippen LogP contribution in [-0.2, 0) is 4.79 Å². The Hall–Kier alpha value is -4.46. The van der Waals surface area contributed by atoms with Gasteiger partial charge in [-0.3, -0.25) is 19.2 Å². The maximum absolute atomic E-state index is 12.6. The molecule has 1 aliphatic heterocycles. The van der Waals surface area contributed by atoms with E-state index in [2.05, 4.69) is 5.32 Å². The molecule has 154 valence electrons.